The van der Waals surface area contributed by atoms with E-state index in [1.54, 1.807) is 0 Å². The van der Waals surface area contributed by atoms with E-state index in [9.17, 15) is 0 Å². The van der Waals surface area contributed by atoms with Crippen LogP contribution in [0.5, 0.6) is 5.75 Å². The molecule has 0 spiro atoms. The van der Waals surface area contributed by atoms with E-state index in [1.807, 2.05) is 7.05 Å². The zero-order valence-electron chi connectivity index (χ0n) is 12.5. The lowest BCUT2D eigenvalue weighted by Gasteiger charge is -2.17. The van der Waals surface area contributed by atoms with E-state index in [1.165, 1.54) is 17.6 Å². The van der Waals surface area contributed by atoms with Crippen molar-refractivity contribution >= 4 is 0 Å². The molecule has 1 aromatic rings. The Labute approximate surface area is 117 Å². The Hall–Kier alpha value is -1.28. The second-order valence-electron chi connectivity index (χ2n) is 5.11. The van der Waals surface area contributed by atoms with Crippen LogP contribution in [0.1, 0.15) is 51.1 Å². The van der Waals surface area contributed by atoms with Crippen LogP contribution in [0.3, 0.4) is 0 Å². The largest absolute Gasteiger partial charge is 0.494 e. The first-order chi connectivity index (χ1) is 9.17. The minimum absolute atomic E-state index is 0.390. The molecule has 0 bridgehead atoms. The first kappa shape index (κ1) is 15.8. The summed E-state index contributed by atoms with van der Waals surface area (Å²) in [4.78, 5) is 0. The minimum atomic E-state index is 0.390. The number of hydrogen-bond acceptors (Lipinski definition) is 2. The van der Waals surface area contributed by atoms with E-state index in [0.29, 0.717) is 6.04 Å². The lowest BCUT2D eigenvalue weighted by Crippen LogP contribution is -2.16. The lowest BCUT2D eigenvalue weighted by molar-refractivity contribution is 0.309. The number of benzene rings is 1. The second kappa shape index (κ2) is 8.76. The molecule has 0 saturated carbocycles. The third-order valence-electron chi connectivity index (χ3n) is 3.26. The molecule has 2 nitrogen and oxygen atoms in total. The molecule has 0 fully saturated rings. The van der Waals surface area contributed by atoms with E-state index in [2.05, 4.69) is 50.0 Å². The molecular weight excluding hydrogens is 234 g/mol. The zero-order valence-corrected chi connectivity index (χ0v) is 12.5. The average Bonchev–Trinajstić information content (AvgIpc) is 2.41. The highest BCUT2D eigenvalue weighted by Crippen LogP contribution is 2.22. The predicted octanol–water partition coefficient (Wildman–Crippen LogP) is 4.48. The standard InChI is InChI=1S/C17H27NO/c1-5-6-13-19-16-10-8-15(9-11-16)17(18-4)12-7-14(2)3/h8-11,17-18H,2,5-7,12-13H2,1,3-4H3. The second-order valence-corrected chi connectivity index (χ2v) is 5.11. The van der Waals surface area contributed by atoms with Gasteiger partial charge in [0.1, 0.15) is 5.75 Å². The van der Waals surface area contributed by atoms with Crippen LogP contribution in [0, 0.1) is 0 Å². The van der Waals surface area contributed by atoms with Crippen molar-refractivity contribution in [2.24, 2.45) is 0 Å². The summed E-state index contributed by atoms with van der Waals surface area (Å²) in [7, 11) is 2.01. The molecule has 0 amide bonds. The number of ether oxygens (including phenoxy) is 1. The number of rotatable bonds is 9. The first-order valence-electron chi connectivity index (χ1n) is 7.21. The Morgan fingerprint density at radius 1 is 1.32 bits per heavy atom. The predicted molar refractivity (Wildman–Crippen MR) is 82.7 cm³/mol. The number of nitrogens with one attached hydrogen (secondary N) is 1. The van der Waals surface area contributed by atoms with Gasteiger partial charge in [-0.1, -0.05) is 31.1 Å². The van der Waals surface area contributed by atoms with Gasteiger partial charge in [-0.2, -0.15) is 0 Å². The summed E-state index contributed by atoms with van der Waals surface area (Å²) in [5.74, 6) is 0.965. The van der Waals surface area contributed by atoms with E-state index < -0.39 is 0 Å². The van der Waals surface area contributed by atoms with Crippen molar-refractivity contribution in [1.82, 2.24) is 5.32 Å². The highest BCUT2D eigenvalue weighted by atomic mass is 16.5. The molecule has 106 valence electrons. The van der Waals surface area contributed by atoms with Gasteiger partial charge in [-0.3, -0.25) is 0 Å². The van der Waals surface area contributed by atoms with Gasteiger partial charge in [-0.05, 0) is 50.9 Å². The van der Waals surface area contributed by atoms with Crippen LogP contribution in [0.15, 0.2) is 36.4 Å². The van der Waals surface area contributed by atoms with E-state index in [0.717, 1.165) is 31.6 Å². The van der Waals surface area contributed by atoms with Crippen LogP contribution in [-0.2, 0) is 0 Å². The highest BCUT2D eigenvalue weighted by molar-refractivity contribution is 5.29. The van der Waals surface area contributed by atoms with Crippen LogP contribution in [-0.4, -0.2) is 13.7 Å². The maximum absolute atomic E-state index is 5.68. The van der Waals surface area contributed by atoms with Gasteiger partial charge in [0.2, 0.25) is 0 Å². The fraction of sp³-hybridized carbons (Fsp3) is 0.529. The van der Waals surface area contributed by atoms with Gasteiger partial charge >= 0.3 is 0 Å². The number of allylic oxidation sites excluding steroid dienone is 1. The quantitative estimate of drug-likeness (QED) is 0.522. The number of unbranched alkanes of at least 4 members (excludes halogenated alkanes) is 1. The fourth-order valence-electron chi connectivity index (χ4n) is 2.00. The Kier molecular flexibility index (Phi) is 7.27. The molecule has 0 aliphatic carbocycles. The monoisotopic (exact) mass is 261 g/mol. The summed E-state index contributed by atoms with van der Waals surface area (Å²) < 4.78 is 5.68. The molecule has 1 N–H and O–H groups in total. The molecule has 0 aromatic heterocycles. The molecule has 1 atom stereocenters. The summed E-state index contributed by atoms with van der Waals surface area (Å²) in [5, 5.41) is 3.36. The van der Waals surface area contributed by atoms with Gasteiger partial charge in [0, 0.05) is 6.04 Å². The van der Waals surface area contributed by atoms with Gasteiger partial charge in [0.25, 0.3) is 0 Å². The zero-order chi connectivity index (χ0) is 14.1. The minimum Gasteiger partial charge on any atom is -0.494 e. The Morgan fingerprint density at radius 2 is 2.00 bits per heavy atom. The van der Waals surface area contributed by atoms with Crippen molar-refractivity contribution in [3.63, 3.8) is 0 Å². The summed E-state index contributed by atoms with van der Waals surface area (Å²) in [6.45, 7) is 9.02. The van der Waals surface area contributed by atoms with E-state index >= 15 is 0 Å². The van der Waals surface area contributed by atoms with Gasteiger partial charge in [-0.15, -0.1) is 6.58 Å². The van der Waals surface area contributed by atoms with Crippen LogP contribution in [0.4, 0.5) is 0 Å². The van der Waals surface area contributed by atoms with Crippen LogP contribution >= 0.6 is 0 Å². The third kappa shape index (κ3) is 5.93. The molecule has 19 heavy (non-hydrogen) atoms. The lowest BCUT2D eigenvalue weighted by atomic mass is 10.00. The molecule has 0 aliphatic heterocycles. The Balaban J connectivity index is 2.54. The summed E-state index contributed by atoms with van der Waals surface area (Å²) in [6, 6.07) is 8.83. The summed E-state index contributed by atoms with van der Waals surface area (Å²) in [6.07, 6.45) is 4.42. The molecule has 0 radical (unpaired) electrons. The van der Waals surface area contributed by atoms with Crippen molar-refractivity contribution in [2.45, 2.75) is 45.6 Å². The van der Waals surface area contributed by atoms with Gasteiger partial charge in [0.05, 0.1) is 6.61 Å². The normalized spacial score (nSPS) is 12.2. The first-order valence-corrected chi connectivity index (χ1v) is 7.21. The van der Waals surface area contributed by atoms with Gasteiger partial charge < -0.3 is 10.1 Å². The summed E-state index contributed by atoms with van der Waals surface area (Å²) in [5.41, 5.74) is 2.55. The highest BCUT2D eigenvalue weighted by Gasteiger charge is 2.08. The van der Waals surface area contributed by atoms with Crippen LogP contribution < -0.4 is 10.1 Å². The van der Waals surface area contributed by atoms with Crippen molar-refractivity contribution < 1.29 is 4.74 Å². The van der Waals surface area contributed by atoms with Crippen molar-refractivity contribution in [1.29, 1.82) is 0 Å². The van der Waals surface area contributed by atoms with Gasteiger partial charge in [-0.25, -0.2) is 0 Å². The molecule has 2 heteroatoms. The Bertz CT molecular complexity index is 369. The topological polar surface area (TPSA) is 21.3 Å². The molecule has 1 unspecified atom stereocenters. The third-order valence-corrected chi connectivity index (χ3v) is 3.26. The molecule has 1 aromatic carbocycles. The van der Waals surface area contributed by atoms with E-state index in [4.69, 9.17) is 4.74 Å². The molecule has 0 saturated heterocycles. The van der Waals surface area contributed by atoms with E-state index in [-0.39, 0.29) is 0 Å². The van der Waals surface area contributed by atoms with Crippen LogP contribution in [0.25, 0.3) is 0 Å². The molecule has 0 aliphatic rings. The average molecular weight is 261 g/mol. The number of hydrogen-bond donors (Lipinski definition) is 1. The van der Waals surface area contributed by atoms with Crippen molar-refractivity contribution in [3.8, 4) is 5.75 Å². The van der Waals surface area contributed by atoms with Crippen molar-refractivity contribution in [3.05, 3.63) is 42.0 Å². The smallest absolute Gasteiger partial charge is 0.119 e. The molecular formula is C17H27NO. The Morgan fingerprint density at radius 3 is 2.53 bits per heavy atom. The molecule has 0 heterocycles. The fourth-order valence-corrected chi connectivity index (χ4v) is 2.00. The maximum atomic E-state index is 5.68. The van der Waals surface area contributed by atoms with Gasteiger partial charge in [0.15, 0.2) is 0 Å². The maximum Gasteiger partial charge on any atom is 0.119 e. The van der Waals surface area contributed by atoms with Crippen LogP contribution in [0.2, 0.25) is 0 Å². The van der Waals surface area contributed by atoms with Crippen molar-refractivity contribution in [2.75, 3.05) is 13.7 Å². The molecule has 1 rings (SSSR count). The summed E-state index contributed by atoms with van der Waals surface area (Å²) >= 11 is 0. The SMILES string of the molecule is C=C(C)CCC(NC)c1ccc(OCCCC)cc1.